The van der Waals surface area contributed by atoms with Crippen LogP contribution in [0.4, 0.5) is 4.39 Å². The van der Waals surface area contributed by atoms with Gasteiger partial charge in [-0.1, -0.05) is 18.2 Å². The monoisotopic (exact) mass is 495 g/mol. The number of hydrogen-bond donors (Lipinski definition) is 1. The summed E-state index contributed by atoms with van der Waals surface area (Å²) in [6, 6.07) is 12.0. The van der Waals surface area contributed by atoms with E-state index in [0.29, 0.717) is 30.2 Å². The van der Waals surface area contributed by atoms with Gasteiger partial charge in [0.2, 0.25) is 9.84 Å². The quantitative estimate of drug-likeness (QED) is 0.555. The zero-order valence-corrected chi connectivity index (χ0v) is 19.8. The fraction of sp³-hybridized carbons (Fsp3) is 0.273. The van der Waals surface area contributed by atoms with Crippen molar-refractivity contribution in [2.24, 2.45) is 0 Å². The van der Waals surface area contributed by atoms with Gasteiger partial charge in [-0.3, -0.25) is 4.79 Å². The zero-order chi connectivity index (χ0) is 22.0. The molecule has 0 saturated carbocycles. The average Bonchev–Trinajstić information content (AvgIpc) is 3.45. The first-order valence-corrected chi connectivity index (χ1v) is 12.3. The summed E-state index contributed by atoms with van der Waals surface area (Å²) in [7, 11) is -2.29. The Balaban J connectivity index is 0.00000289. The topological polar surface area (TPSA) is 79.4 Å². The molecule has 170 valence electrons. The molecule has 1 N–H and O–H groups in total. The van der Waals surface area contributed by atoms with Gasteiger partial charge < -0.3 is 10.2 Å². The molecule has 4 rings (SSSR count). The largest absolute Gasteiger partial charge is 0.339 e. The van der Waals surface area contributed by atoms with E-state index in [9.17, 15) is 17.6 Å². The van der Waals surface area contributed by atoms with Crippen LogP contribution in [0.5, 0.6) is 0 Å². The van der Waals surface area contributed by atoms with Crippen LogP contribution < -0.4 is 5.32 Å². The van der Waals surface area contributed by atoms with Crippen molar-refractivity contribution >= 4 is 39.5 Å². The Morgan fingerprint density at radius 2 is 1.88 bits per heavy atom. The fourth-order valence-electron chi connectivity index (χ4n) is 3.59. The minimum absolute atomic E-state index is 0. The predicted octanol–water partition coefficient (Wildman–Crippen LogP) is 4.16. The number of nitrogens with one attached hydrogen (secondary N) is 1. The van der Waals surface area contributed by atoms with E-state index in [1.54, 1.807) is 36.2 Å². The van der Waals surface area contributed by atoms with E-state index in [4.69, 9.17) is 0 Å². The maximum atomic E-state index is 14.5. The molecule has 2 heterocycles. The Kier molecular flexibility index (Phi) is 7.66. The Morgan fingerprint density at radius 3 is 2.56 bits per heavy atom. The SMILES string of the molecule is CNCc1nc(-c2ccccc2F)c(S(=O)(=O)c2cccc(C(=O)N3CCCC3)c2)s1.Cl. The molecule has 0 unspecified atom stereocenters. The smallest absolute Gasteiger partial charge is 0.253 e. The molecular weight excluding hydrogens is 473 g/mol. The third-order valence-electron chi connectivity index (χ3n) is 5.13. The van der Waals surface area contributed by atoms with Crippen LogP contribution >= 0.6 is 23.7 Å². The van der Waals surface area contributed by atoms with Gasteiger partial charge in [0.15, 0.2) is 4.21 Å². The minimum Gasteiger partial charge on any atom is -0.339 e. The molecule has 6 nitrogen and oxygen atoms in total. The van der Waals surface area contributed by atoms with Gasteiger partial charge in [-0.15, -0.1) is 23.7 Å². The molecule has 2 aromatic carbocycles. The van der Waals surface area contributed by atoms with Crippen LogP contribution in [0.3, 0.4) is 0 Å². The second kappa shape index (κ2) is 10.1. The summed E-state index contributed by atoms with van der Waals surface area (Å²) < 4.78 is 41.6. The van der Waals surface area contributed by atoms with E-state index in [1.165, 1.54) is 24.3 Å². The van der Waals surface area contributed by atoms with E-state index in [0.717, 1.165) is 24.2 Å². The van der Waals surface area contributed by atoms with Crippen molar-refractivity contribution in [2.45, 2.75) is 28.5 Å². The Bertz CT molecular complexity index is 1220. The van der Waals surface area contributed by atoms with Crippen molar-refractivity contribution < 1.29 is 17.6 Å². The van der Waals surface area contributed by atoms with Gasteiger partial charge in [-0.05, 0) is 50.2 Å². The van der Waals surface area contributed by atoms with Crippen LogP contribution in [-0.4, -0.2) is 44.3 Å². The molecule has 0 bridgehead atoms. The molecule has 1 aromatic heterocycles. The molecule has 1 amide bonds. The Labute approximate surface area is 196 Å². The number of likely N-dealkylation sites (tertiary alicyclic amines) is 1. The highest BCUT2D eigenvalue weighted by Crippen LogP contribution is 2.37. The number of benzene rings is 2. The molecule has 0 spiro atoms. The van der Waals surface area contributed by atoms with E-state index in [2.05, 4.69) is 10.3 Å². The van der Waals surface area contributed by atoms with Crippen molar-refractivity contribution in [3.05, 3.63) is 64.9 Å². The maximum Gasteiger partial charge on any atom is 0.253 e. The summed E-state index contributed by atoms with van der Waals surface area (Å²) >= 11 is 1.01. The second-order valence-electron chi connectivity index (χ2n) is 7.28. The number of rotatable bonds is 6. The Hall–Kier alpha value is -2.33. The summed E-state index contributed by atoms with van der Waals surface area (Å²) in [6.45, 7) is 1.71. The first-order valence-electron chi connectivity index (χ1n) is 9.95. The molecule has 1 aliphatic rings. The summed E-state index contributed by atoms with van der Waals surface area (Å²) in [6.07, 6.45) is 1.90. The third-order valence-corrected chi connectivity index (χ3v) is 8.44. The molecular formula is C22H23ClFN3O3S2. The van der Waals surface area contributed by atoms with Crippen molar-refractivity contribution in [1.29, 1.82) is 0 Å². The highest BCUT2D eigenvalue weighted by molar-refractivity contribution is 7.93. The minimum atomic E-state index is -4.02. The van der Waals surface area contributed by atoms with Crippen molar-refractivity contribution in [2.75, 3.05) is 20.1 Å². The molecule has 1 fully saturated rings. The number of halogens is 2. The number of thiazole rings is 1. The van der Waals surface area contributed by atoms with Crippen LogP contribution in [0.15, 0.2) is 57.6 Å². The summed E-state index contributed by atoms with van der Waals surface area (Å²) in [4.78, 5) is 18.9. The van der Waals surface area contributed by atoms with Crippen molar-refractivity contribution in [3.8, 4) is 11.3 Å². The number of hydrogen-bond acceptors (Lipinski definition) is 6. The van der Waals surface area contributed by atoms with Crippen LogP contribution in [0, 0.1) is 5.82 Å². The summed E-state index contributed by atoms with van der Waals surface area (Å²) in [5, 5.41) is 3.48. The number of nitrogens with zero attached hydrogens (tertiary/aromatic N) is 2. The third kappa shape index (κ3) is 4.71. The second-order valence-corrected chi connectivity index (χ2v) is 10.5. The van der Waals surface area contributed by atoms with Gasteiger partial charge in [0, 0.05) is 30.8 Å². The molecule has 0 aliphatic carbocycles. The van der Waals surface area contributed by atoms with Crippen LogP contribution in [0.25, 0.3) is 11.3 Å². The summed E-state index contributed by atoms with van der Waals surface area (Å²) in [5.41, 5.74) is 0.545. The molecule has 0 atom stereocenters. The van der Waals surface area contributed by atoms with Crippen molar-refractivity contribution in [3.63, 3.8) is 0 Å². The highest BCUT2D eigenvalue weighted by Gasteiger charge is 2.29. The predicted molar refractivity (Wildman–Crippen MR) is 125 cm³/mol. The van der Waals surface area contributed by atoms with Crippen LogP contribution in [0.2, 0.25) is 0 Å². The Morgan fingerprint density at radius 1 is 1.16 bits per heavy atom. The van der Waals surface area contributed by atoms with E-state index in [1.807, 2.05) is 0 Å². The molecule has 3 aromatic rings. The van der Waals surface area contributed by atoms with Crippen LogP contribution in [0.1, 0.15) is 28.2 Å². The number of aromatic nitrogens is 1. The van der Waals surface area contributed by atoms with E-state index >= 15 is 0 Å². The molecule has 1 saturated heterocycles. The van der Waals surface area contributed by atoms with Gasteiger partial charge in [0.1, 0.15) is 16.5 Å². The van der Waals surface area contributed by atoms with E-state index < -0.39 is 15.7 Å². The average molecular weight is 496 g/mol. The lowest BCUT2D eigenvalue weighted by molar-refractivity contribution is 0.0792. The highest BCUT2D eigenvalue weighted by atomic mass is 35.5. The molecule has 1 aliphatic heterocycles. The normalized spacial score (nSPS) is 13.8. The van der Waals surface area contributed by atoms with Crippen LogP contribution in [-0.2, 0) is 16.4 Å². The van der Waals surface area contributed by atoms with E-state index in [-0.39, 0.29) is 38.7 Å². The molecule has 10 heteroatoms. The number of amides is 1. The number of carbonyl (C=O) groups is 1. The van der Waals surface area contributed by atoms with Gasteiger partial charge >= 0.3 is 0 Å². The van der Waals surface area contributed by atoms with Gasteiger partial charge in [0.05, 0.1) is 4.90 Å². The molecule has 0 radical (unpaired) electrons. The summed E-state index contributed by atoms with van der Waals surface area (Å²) in [5.74, 6) is -0.720. The lowest BCUT2D eigenvalue weighted by atomic mass is 10.1. The van der Waals surface area contributed by atoms with Gasteiger partial charge in [-0.2, -0.15) is 0 Å². The number of carbonyl (C=O) groups excluding carboxylic acids is 1. The van der Waals surface area contributed by atoms with Gasteiger partial charge in [0.25, 0.3) is 5.91 Å². The lowest BCUT2D eigenvalue weighted by Crippen LogP contribution is -2.27. The molecule has 32 heavy (non-hydrogen) atoms. The zero-order valence-electron chi connectivity index (χ0n) is 17.4. The first kappa shape index (κ1) is 24.3. The maximum absolute atomic E-state index is 14.5. The standard InChI is InChI=1S/C22H22FN3O3S2.ClH/c1-24-14-19-25-20(17-9-2-3-10-18(17)23)22(30-19)31(28,29)16-8-6-7-15(13-16)21(27)26-11-4-5-12-26;/h2-3,6-10,13,24H,4-5,11-12,14H2,1H3;1H. The fourth-order valence-corrected chi connectivity index (χ4v) is 6.59. The lowest BCUT2D eigenvalue weighted by Gasteiger charge is -2.15. The van der Waals surface area contributed by atoms with Gasteiger partial charge in [-0.25, -0.2) is 17.8 Å². The van der Waals surface area contributed by atoms with Crippen molar-refractivity contribution in [1.82, 2.24) is 15.2 Å². The first-order chi connectivity index (χ1) is 14.9. The number of sulfone groups is 1.